The van der Waals surface area contributed by atoms with E-state index < -0.39 is 0 Å². The summed E-state index contributed by atoms with van der Waals surface area (Å²) in [7, 11) is 1.88. The van der Waals surface area contributed by atoms with Crippen molar-refractivity contribution in [2.45, 2.75) is 23.3 Å². The zero-order valence-electron chi connectivity index (χ0n) is 9.71. The number of nitrogens with two attached hydrogens (primary N) is 1. The van der Waals surface area contributed by atoms with E-state index in [2.05, 4.69) is 20.5 Å². The van der Waals surface area contributed by atoms with Crippen molar-refractivity contribution in [3.8, 4) is 0 Å². The maximum atomic E-state index is 5.37. The maximum absolute atomic E-state index is 5.37. The minimum atomic E-state index is 0.628. The molecule has 90 valence electrons. The lowest BCUT2D eigenvalue weighted by Gasteiger charge is -2.04. The molecule has 0 aromatic carbocycles. The van der Waals surface area contributed by atoms with E-state index in [0.29, 0.717) is 5.82 Å². The lowest BCUT2D eigenvalue weighted by atomic mass is 10.4. The van der Waals surface area contributed by atoms with E-state index in [1.54, 1.807) is 10.9 Å². The molecule has 2 rings (SSSR count). The van der Waals surface area contributed by atoms with Crippen molar-refractivity contribution in [1.29, 1.82) is 0 Å². The highest BCUT2D eigenvalue weighted by atomic mass is 32.2. The van der Waals surface area contributed by atoms with Gasteiger partial charge < -0.3 is 5.43 Å². The van der Waals surface area contributed by atoms with Crippen LogP contribution in [0.1, 0.15) is 12.7 Å². The van der Waals surface area contributed by atoms with Crippen LogP contribution in [-0.4, -0.2) is 19.7 Å². The minimum absolute atomic E-state index is 0.628. The van der Waals surface area contributed by atoms with Crippen LogP contribution in [0.3, 0.4) is 0 Å². The minimum Gasteiger partial charge on any atom is -0.308 e. The molecule has 0 radical (unpaired) electrons. The lowest BCUT2D eigenvalue weighted by Crippen LogP contribution is -2.10. The van der Waals surface area contributed by atoms with E-state index in [1.807, 2.05) is 26.2 Å². The van der Waals surface area contributed by atoms with Gasteiger partial charge in [0.05, 0.1) is 11.1 Å². The summed E-state index contributed by atoms with van der Waals surface area (Å²) in [5.41, 5.74) is 2.55. The first-order chi connectivity index (χ1) is 8.21. The highest BCUT2D eigenvalue weighted by Gasteiger charge is 2.05. The number of hydrogen-bond donors (Lipinski definition) is 2. The Kier molecular flexibility index (Phi) is 3.60. The van der Waals surface area contributed by atoms with Crippen LogP contribution in [0, 0.1) is 0 Å². The van der Waals surface area contributed by atoms with Crippen LogP contribution in [0.15, 0.2) is 28.4 Å². The molecule has 2 aromatic rings. The van der Waals surface area contributed by atoms with Crippen molar-refractivity contribution < 1.29 is 0 Å². The third kappa shape index (κ3) is 2.95. The predicted octanol–water partition coefficient (Wildman–Crippen LogP) is 1.21. The molecular weight excluding hydrogens is 236 g/mol. The van der Waals surface area contributed by atoms with Gasteiger partial charge >= 0.3 is 0 Å². The average Bonchev–Trinajstić information content (AvgIpc) is 2.74. The molecule has 0 saturated carbocycles. The summed E-state index contributed by atoms with van der Waals surface area (Å²) in [5, 5.41) is 4.97. The van der Waals surface area contributed by atoms with Crippen LogP contribution in [0.2, 0.25) is 0 Å². The van der Waals surface area contributed by atoms with Gasteiger partial charge in [-0.15, -0.1) is 0 Å². The summed E-state index contributed by atoms with van der Waals surface area (Å²) in [5.74, 6) is 6.77. The van der Waals surface area contributed by atoms with Crippen LogP contribution < -0.4 is 11.3 Å². The molecule has 0 spiro atoms. The zero-order valence-corrected chi connectivity index (χ0v) is 10.5. The van der Waals surface area contributed by atoms with Crippen molar-refractivity contribution in [2.75, 3.05) is 5.43 Å². The lowest BCUT2D eigenvalue weighted by molar-refractivity contribution is 0.766. The Balaban J connectivity index is 2.25. The largest absolute Gasteiger partial charge is 0.308 e. The summed E-state index contributed by atoms with van der Waals surface area (Å²) in [6.07, 6.45) is 4.51. The Morgan fingerprint density at radius 3 is 2.88 bits per heavy atom. The molecule has 0 aliphatic heterocycles. The number of rotatable bonds is 4. The molecule has 0 aliphatic carbocycles. The average molecular weight is 250 g/mol. The van der Waals surface area contributed by atoms with Gasteiger partial charge in [0.1, 0.15) is 16.7 Å². The summed E-state index contributed by atoms with van der Waals surface area (Å²) in [6, 6.07) is 1.82. The second kappa shape index (κ2) is 5.15. The molecule has 0 saturated heterocycles. The van der Waals surface area contributed by atoms with Crippen LogP contribution in [0.25, 0.3) is 0 Å². The number of hydrogen-bond acceptors (Lipinski definition) is 6. The Morgan fingerprint density at radius 1 is 1.47 bits per heavy atom. The maximum Gasteiger partial charge on any atom is 0.144 e. The molecule has 0 amide bonds. The van der Waals surface area contributed by atoms with Crippen molar-refractivity contribution in [1.82, 2.24) is 19.7 Å². The molecule has 0 fully saturated rings. The van der Waals surface area contributed by atoms with Crippen molar-refractivity contribution in [3.63, 3.8) is 0 Å². The monoisotopic (exact) mass is 250 g/mol. The van der Waals surface area contributed by atoms with Gasteiger partial charge in [-0.25, -0.2) is 15.8 Å². The first-order valence-electron chi connectivity index (χ1n) is 5.22. The molecule has 7 heteroatoms. The Bertz CT molecular complexity index is 487. The summed E-state index contributed by atoms with van der Waals surface area (Å²) in [6.45, 7) is 2.01. The van der Waals surface area contributed by atoms with Gasteiger partial charge in [-0.05, 0) is 0 Å². The number of hydrazine groups is 1. The highest BCUT2D eigenvalue weighted by Crippen LogP contribution is 2.26. The fraction of sp³-hybridized carbons (Fsp3) is 0.300. The molecule has 0 unspecified atom stereocenters. The van der Waals surface area contributed by atoms with Crippen LogP contribution in [0.5, 0.6) is 0 Å². The number of aromatic nitrogens is 4. The predicted molar refractivity (Wildman–Crippen MR) is 66.6 cm³/mol. The van der Waals surface area contributed by atoms with E-state index in [9.17, 15) is 0 Å². The fourth-order valence-corrected chi connectivity index (χ4v) is 2.20. The third-order valence-corrected chi connectivity index (χ3v) is 2.98. The Morgan fingerprint density at radius 2 is 2.29 bits per heavy atom. The molecule has 0 atom stereocenters. The third-order valence-electron chi connectivity index (χ3n) is 2.12. The molecule has 2 heterocycles. The van der Waals surface area contributed by atoms with Crippen LogP contribution in [0.4, 0.5) is 5.82 Å². The van der Waals surface area contributed by atoms with Gasteiger partial charge in [-0.3, -0.25) is 4.68 Å². The van der Waals surface area contributed by atoms with Gasteiger partial charge in [0.25, 0.3) is 0 Å². The van der Waals surface area contributed by atoms with E-state index in [0.717, 1.165) is 22.2 Å². The molecule has 0 aliphatic rings. The number of nitrogen functional groups attached to an aromatic ring is 1. The van der Waals surface area contributed by atoms with Gasteiger partial charge in [-0.2, -0.15) is 5.10 Å². The quantitative estimate of drug-likeness (QED) is 0.482. The first-order valence-corrected chi connectivity index (χ1v) is 6.04. The topological polar surface area (TPSA) is 81.6 Å². The first kappa shape index (κ1) is 11.9. The van der Waals surface area contributed by atoms with Gasteiger partial charge in [-0.1, -0.05) is 18.7 Å². The molecular formula is C10H14N6S. The Hall–Kier alpha value is -1.60. The second-order valence-corrected chi connectivity index (χ2v) is 4.55. The van der Waals surface area contributed by atoms with Gasteiger partial charge in [0.2, 0.25) is 0 Å². The van der Waals surface area contributed by atoms with E-state index >= 15 is 0 Å². The van der Waals surface area contributed by atoms with Gasteiger partial charge in [0, 0.05) is 25.7 Å². The standard InChI is InChI=1S/C10H14N6S/c1-3-8-13-9(15-11)4-10(14-8)17-7-5-12-16(2)6-7/h4-6H,3,11H2,1-2H3,(H,13,14,15). The second-order valence-electron chi connectivity index (χ2n) is 3.46. The summed E-state index contributed by atoms with van der Waals surface area (Å²) >= 11 is 1.54. The van der Waals surface area contributed by atoms with Crippen molar-refractivity contribution >= 4 is 17.6 Å². The molecule has 3 N–H and O–H groups in total. The summed E-state index contributed by atoms with van der Waals surface area (Å²) in [4.78, 5) is 9.70. The highest BCUT2D eigenvalue weighted by molar-refractivity contribution is 7.99. The Labute approximate surface area is 104 Å². The smallest absolute Gasteiger partial charge is 0.144 e. The SMILES string of the molecule is CCc1nc(NN)cc(Sc2cnn(C)c2)n1. The summed E-state index contributed by atoms with van der Waals surface area (Å²) < 4.78 is 1.76. The molecule has 0 bridgehead atoms. The van der Waals surface area contributed by atoms with E-state index in [4.69, 9.17) is 5.84 Å². The van der Waals surface area contributed by atoms with Gasteiger partial charge in [0.15, 0.2) is 0 Å². The molecule has 2 aromatic heterocycles. The number of aryl methyl sites for hydroxylation is 2. The van der Waals surface area contributed by atoms with Crippen molar-refractivity contribution in [3.05, 3.63) is 24.3 Å². The van der Waals surface area contributed by atoms with E-state index in [-0.39, 0.29) is 0 Å². The van der Waals surface area contributed by atoms with Crippen LogP contribution >= 0.6 is 11.8 Å². The van der Waals surface area contributed by atoms with Crippen molar-refractivity contribution in [2.24, 2.45) is 12.9 Å². The van der Waals surface area contributed by atoms with Crippen LogP contribution in [-0.2, 0) is 13.5 Å². The zero-order chi connectivity index (χ0) is 12.3. The normalized spacial score (nSPS) is 10.5. The fourth-order valence-electron chi connectivity index (χ4n) is 1.33. The number of nitrogens with one attached hydrogen (secondary N) is 1. The molecule has 6 nitrogen and oxygen atoms in total. The number of anilines is 1. The van der Waals surface area contributed by atoms with E-state index in [1.165, 1.54) is 11.8 Å². The molecule has 17 heavy (non-hydrogen) atoms. The number of nitrogens with zero attached hydrogens (tertiary/aromatic N) is 4.